The van der Waals surface area contributed by atoms with Crippen molar-refractivity contribution in [2.24, 2.45) is 15.7 Å². The summed E-state index contributed by atoms with van der Waals surface area (Å²) in [6.45, 7) is -0.561. The van der Waals surface area contributed by atoms with Gasteiger partial charge in [-0.25, -0.2) is 14.9 Å². The SMILES string of the molecule is NC1=NC(c2ccccc2)=NC2(O)C1N(Cl)CN2[C@@H]1O[C@H](CO)[C@@H](O)[C@H]1O. The van der Waals surface area contributed by atoms with Crippen LogP contribution in [-0.4, -0.2) is 91.1 Å². The lowest BCUT2D eigenvalue weighted by Crippen LogP contribution is -2.61. The average molecular weight is 398 g/mol. The maximum Gasteiger partial charge on any atom is 0.245 e. The Labute approximate surface area is 159 Å². The summed E-state index contributed by atoms with van der Waals surface area (Å²) in [6.07, 6.45) is -4.85. The fourth-order valence-corrected chi connectivity index (χ4v) is 3.98. The Kier molecular flexibility index (Phi) is 4.69. The summed E-state index contributed by atoms with van der Waals surface area (Å²) in [6, 6.07) is 7.98. The third kappa shape index (κ3) is 2.85. The van der Waals surface area contributed by atoms with Crippen LogP contribution in [0.2, 0.25) is 0 Å². The van der Waals surface area contributed by atoms with Gasteiger partial charge in [-0.15, -0.1) is 0 Å². The Morgan fingerprint density at radius 3 is 2.59 bits per heavy atom. The molecule has 0 spiro atoms. The molecule has 3 aliphatic rings. The van der Waals surface area contributed by atoms with Crippen LogP contribution in [0.5, 0.6) is 0 Å². The van der Waals surface area contributed by atoms with E-state index in [0.717, 1.165) is 0 Å². The van der Waals surface area contributed by atoms with E-state index in [1.807, 2.05) is 6.07 Å². The molecule has 0 aromatic heterocycles. The van der Waals surface area contributed by atoms with Gasteiger partial charge in [0.25, 0.3) is 0 Å². The lowest BCUT2D eigenvalue weighted by atomic mass is 10.1. The maximum atomic E-state index is 11.4. The number of aliphatic hydroxyl groups is 4. The van der Waals surface area contributed by atoms with E-state index in [1.165, 1.54) is 9.32 Å². The van der Waals surface area contributed by atoms with Crippen molar-refractivity contribution in [2.45, 2.75) is 36.4 Å². The van der Waals surface area contributed by atoms with Crippen molar-refractivity contribution in [3.05, 3.63) is 35.9 Å². The Bertz CT molecular complexity index is 780. The highest BCUT2D eigenvalue weighted by Crippen LogP contribution is 2.40. The second kappa shape index (κ2) is 6.76. The van der Waals surface area contributed by atoms with Crippen LogP contribution in [0, 0.1) is 0 Å². The molecular formula is C16H20ClN5O5. The largest absolute Gasteiger partial charge is 0.394 e. The number of benzene rings is 1. The number of hydrogen-bond acceptors (Lipinski definition) is 10. The van der Waals surface area contributed by atoms with Crippen LogP contribution in [0.4, 0.5) is 0 Å². The number of halogens is 1. The van der Waals surface area contributed by atoms with E-state index in [0.29, 0.717) is 5.56 Å². The molecule has 3 aliphatic heterocycles. The molecule has 3 heterocycles. The van der Waals surface area contributed by atoms with Gasteiger partial charge in [0.1, 0.15) is 36.4 Å². The number of rotatable bonds is 3. The summed E-state index contributed by atoms with van der Waals surface area (Å²) in [5, 5.41) is 41.1. The number of aliphatic imine (C=N–C) groups is 2. The van der Waals surface area contributed by atoms with Crippen molar-refractivity contribution < 1.29 is 25.2 Å². The number of aliphatic hydroxyl groups excluding tert-OH is 3. The molecule has 2 fully saturated rings. The van der Waals surface area contributed by atoms with Crippen molar-refractivity contribution in [3.63, 3.8) is 0 Å². The molecule has 11 heteroatoms. The lowest BCUT2D eigenvalue weighted by molar-refractivity contribution is -0.184. The molecule has 146 valence electrons. The Balaban J connectivity index is 1.74. The second-order valence-corrected chi connectivity index (χ2v) is 7.10. The van der Waals surface area contributed by atoms with Crippen molar-refractivity contribution in [1.82, 2.24) is 9.32 Å². The summed E-state index contributed by atoms with van der Waals surface area (Å²) in [7, 11) is 0. The topological polar surface area (TPSA) is 147 Å². The zero-order chi connectivity index (χ0) is 19.3. The van der Waals surface area contributed by atoms with E-state index in [4.69, 9.17) is 22.2 Å². The number of fused-ring (bicyclic) bond motifs is 1. The quantitative estimate of drug-likeness (QED) is 0.367. The molecule has 2 unspecified atom stereocenters. The molecule has 0 radical (unpaired) electrons. The minimum absolute atomic E-state index is 0.0515. The smallest absolute Gasteiger partial charge is 0.245 e. The first kappa shape index (κ1) is 18.7. The van der Waals surface area contributed by atoms with E-state index < -0.39 is 43.0 Å². The van der Waals surface area contributed by atoms with Crippen LogP contribution in [0.1, 0.15) is 5.56 Å². The summed E-state index contributed by atoms with van der Waals surface area (Å²) >= 11 is 6.24. The van der Waals surface area contributed by atoms with Gasteiger partial charge in [0.15, 0.2) is 5.84 Å². The van der Waals surface area contributed by atoms with Crippen LogP contribution in [-0.2, 0) is 4.74 Å². The zero-order valence-corrected chi connectivity index (χ0v) is 14.9. The molecule has 0 bridgehead atoms. The van der Waals surface area contributed by atoms with Crippen LogP contribution < -0.4 is 5.73 Å². The highest BCUT2D eigenvalue weighted by Gasteiger charge is 2.61. The predicted molar refractivity (Wildman–Crippen MR) is 95.5 cm³/mol. The van der Waals surface area contributed by atoms with Gasteiger partial charge in [-0.05, 0) is 11.8 Å². The molecule has 6 atom stereocenters. The van der Waals surface area contributed by atoms with E-state index in [1.54, 1.807) is 24.3 Å². The van der Waals surface area contributed by atoms with Gasteiger partial charge < -0.3 is 30.9 Å². The molecule has 1 aromatic carbocycles. The minimum Gasteiger partial charge on any atom is -0.394 e. The monoisotopic (exact) mass is 397 g/mol. The van der Waals surface area contributed by atoms with Gasteiger partial charge in [0, 0.05) is 5.56 Å². The number of nitrogens with zero attached hydrogens (tertiary/aromatic N) is 4. The molecule has 6 N–H and O–H groups in total. The Morgan fingerprint density at radius 2 is 1.96 bits per heavy atom. The number of amidine groups is 2. The standard InChI is InChI=1S/C16H20ClN5O5/c17-22-7-21(15-11(25)10(24)9(6-23)27-15)16(26)12(22)13(18)19-14(20-16)8-4-2-1-3-5-8/h1-5,9-12,15,23-26H,6-7H2,(H2,18,19,20)/t9-,10-,11-,12?,15-,16?/m1/s1. The zero-order valence-electron chi connectivity index (χ0n) is 14.1. The van der Waals surface area contributed by atoms with Crippen LogP contribution in [0.15, 0.2) is 40.3 Å². The summed E-state index contributed by atoms with van der Waals surface area (Å²) in [4.78, 5) is 9.90. The first-order valence-electron chi connectivity index (χ1n) is 8.40. The normalized spacial score (nSPS) is 40.0. The molecule has 4 rings (SSSR count). The average Bonchev–Trinajstić information content (AvgIpc) is 3.09. The summed E-state index contributed by atoms with van der Waals surface area (Å²) in [5.74, 6) is -1.72. The second-order valence-electron chi connectivity index (χ2n) is 6.67. The first-order valence-corrected chi connectivity index (χ1v) is 8.74. The highest BCUT2D eigenvalue weighted by molar-refractivity contribution is 6.17. The lowest BCUT2D eigenvalue weighted by Gasteiger charge is -2.38. The molecular weight excluding hydrogens is 378 g/mol. The van der Waals surface area contributed by atoms with Gasteiger partial charge in [-0.2, -0.15) is 4.42 Å². The third-order valence-electron chi connectivity index (χ3n) is 5.00. The number of hydrogen-bond donors (Lipinski definition) is 5. The van der Waals surface area contributed by atoms with Crippen molar-refractivity contribution in [1.29, 1.82) is 0 Å². The Hall–Kier alpha value is -1.63. The number of nitrogens with two attached hydrogens (primary N) is 1. The van der Waals surface area contributed by atoms with Crippen molar-refractivity contribution >= 4 is 23.4 Å². The third-order valence-corrected chi connectivity index (χ3v) is 5.30. The van der Waals surface area contributed by atoms with Crippen LogP contribution in [0.3, 0.4) is 0 Å². The summed E-state index contributed by atoms with van der Waals surface area (Å²) in [5.41, 5.74) is 6.70. The van der Waals surface area contributed by atoms with E-state index in [9.17, 15) is 20.4 Å². The molecule has 27 heavy (non-hydrogen) atoms. The molecule has 2 saturated heterocycles. The van der Waals surface area contributed by atoms with E-state index in [-0.39, 0.29) is 18.3 Å². The molecule has 10 nitrogen and oxygen atoms in total. The van der Waals surface area contributed by atoms with Gasteiger partial charge in [-0.3, -0.25) is 0 Å². The van der Waals surface area contributed by atoms with Crippen molar-refractivity contribution in [2.75, 3.05) is 13.3 Å². The highest BCUT2D eigenvalue weighted by atomic mass is 35.5. The summed E-state index contributed by atoms with van der Waals surface area (Å²) < 4.78 is 6.75. The number of ether oxygens (including phenoxy) is 1. The van der Waals surface area contributed by atoms with Gasteiger partial charge >= 0.3 is 0 Å². The maximum absolute atomic E-state index is 11.4. The molecule has 0 aliphatic carbocycles. The Morgan fingerprint density at radius 1 is 1.26 bits per heavy atom. The van der Waals surface area contributed by atoms with E-state index >= 15 is 0 Å². The molecule has 0 amide bonds. The fourth-order valence-electron chi connectivity index (χ4n) is 3.63. The van der Waals surface area contributed by atoms with Gasteiger partial charge in [0.2, 0.25) is 5.85 Å². The van der Waals surface area contributed by atoms with Crippen LogP contribution >= 0.6 is 11.8 Å². The van der Waals surface area contributed by atoms with Crippen LogP contribution in [0.25, 0.3) is 0 Å². The van der Waals surface area contributed by atoms with Gasteiger partial charge in [-0.1, -0.05) is 30.3 Å². The predicted octanol–water partition coefficient (Wildman–Crippen LogP) is -2.01. The first-order chi connectivity index (χ1) is 12.9. The van der Waals surface area contributed by atoms with Crippen molar-refractivity contribution in [3.8, 4) is 0 Å². The van der Waals surface area contributed by atoms with Gasteiger partial charge in [0.05, 0.1) is 13.3 Å². The molecule has 1 aromatic rings. The fraction of sp³-hybridized carbons (Fsp3) is 0.500. The van der Waals surface area contributed by atoms with E-state index in [2.05, 4.69) is 9.98 Å². The molecule has 0 saturated carbocycles. The minimum atomic E-state index is -1.98.